The van der Waals surface area contributed by atoms with Gasteiger partial charge in [0.15, 0.2) is 5.78 Å². The summed E-state index contributed by atoms with van der Waals surface area (Å²) in [7, 11) is 4.82. The van der Waals surface area contributed by atoms with E-state index in [1.165, 1.54) is 99.3 Å². The number of ketones is 1. The number of carbonyl (C=O) groups is 1. The van der Waals surface area contributed by atoms with E-state index in [4.69, 9.17) is 70.3 Å². The minimum Gasteiger partial charge on any atom is -0.375 e. The number of carbonyl (C=O) groups excluding carboxylic acids is 1. The van der Waals surface area contributed by atoms with Crippen molar-refractivity contribution in [2.75, 3.05) is 59.8 Å². The van der Waals surface area contributed by atoms with Gasteiger partial charge in [-0.3, -0.25) is 4.79 Å². The van der Waals surface area contributed by atoms with Crippen LogP contribution in [0.5, 0.6) is 0 Å². The van der Waals surface area contributed by atoms with Crippen LogP contribution in [0.2, 0.25) is 33.9 Å². The van der Waals surface area contributed by atoms with Crippen molar-refractivity contribution in [3.8, 4) is 21.4 Å². The zero-order valence-corrected chi connectivity index (χ0v) is 95.0. The summed E-state index contributed by atoms with van der Waals surface area (Å²) in [5.74, 6) is -13.1. The van der Waals surface area contributed by atoms with E-state index in [1.54, 1.807) is 43.4 Å². The van der Waals surface area contributed by atoms with Crippen LogP contribution in [-0.2, 0) is 18.9 Å². The Bertz CT molecular complexity index is 5440. The van der Waals surface area contributed by atoms with Crippen molar-refractivity contribution in [3.05, 3.63) is 131 Å². The number of ether oxygens (including phenoxy) is 4. The third-order valence-electron chi connectivity index (χ3n) is 26.1. The van der Waals surface area contributed by atoms with Gasteiger partial charge in [0.25, 0.3) is 0 Å². The quantitative estimate of drug-likeness (QED) is 0.00638. The third-order valence-corrected chi connectivity index (χ3v) is 47.7. The van der Waals surface area contributed by atoms with Gasteiger partial charge >= 0.3 is 128 Å². The number of thiazole rings is 3. The molecule has 6 fully saturated rings. The van der Waals surface area contributed by atoms with Crippen molar-refractivity contribution >= 4 is 149 Å². The number of nitrogens with zero attached hydrogens (tertiary/aromatic N) is 15. The van der Waals surface area contributed by atoms with Gasteiger partial charge in [-0.05, 0) is 150 Å². The number of Topliss-reactive ketones (excluding diaryl/α,β-unsaturated/α-hetero) is 1. The minimum atomic E-state index is -2.57. The molecule has 0 aromatic carbocycles. The van der Waals surface area contributed by atoms with Crippen LogP contribution in [0.4, 0.5) is 88.4 Å². The average molecular weight is 2330 g/mol. The van der Waals surface area contributed by atoms with Crippen molar-refractivity contribution in [3.63, 3.8) is 0 Å². The standard InChI is InChI=1S/2C17H22F2N4OS.C14H18ClF2N3O.C13H18ClF2N3O.C12H16ClF2N3O.C12H14ClF2N3O.C4H4NS.3C4H9.Sn/c2*1-10-9-25-15(20-10)14-8-13(11(2)24-3)22-16(23-14)21-12-4-6-17(18,19)7-5-12;1-3-21-9(2)11-8-12(15)20-13(19-11)18-10-4-6-14(16,17)7-5-10;1-8(20-2)10-7-11(14)19-12(18-10)17-9-3-5-13(15,16)6-4-9;2*1-7(19)9-6-10(13)18-11(17-9)16-8-2-4-12(14,15)5-3-8;1-4-2-6-3-5-4;3*1-3-4-2;/h2*8-9,11-12H,4-7H2,1-3H3,(H,21,22,23);8,10H,2-7H2,1H3,(H,18,19,20);7-9H,3-6H2,1-2H3,(H,17,18,19);6-8,19H,2-5H2,1H3,(H,16,17,18);6,8H,2-5H2,1H3,(H,16,17,18);2H,1H3;3*1,3-4H2,2H3;/t11-;;;;;;;;;;/m0........../s1. The number of methoxy groups -OCH3 is 3. The zero-order valence-electron chi connectivity index (χ0n) is 86.7. The van der Waals surface area contributed by atoms with Crippen LogP contribution in [0.1, 0.15) is 335 Å². The second-order valence-corrected chi connectivity index (χ2v) is 56.6. The van der Waals surface area contributed by atoms with E-state index in [9.17, 15) is 62.6 Å². The summed E-state index contributed by atoms with van der Waals surface area (Å²) in [6.07, 6.45) is 10.2. The summed E-state index contributed by atoms with van der Waals surface area (Å²) in [5.41, 5.74) is 7.81. The zero-order chi connectivity index (χ0) is 108. The molecule has 6 saturated carbocycles. The monoisotopic (exact) mass is 2330 g/mol. The van der Waals surface area contributed by atoms with Gasteiger partial charge < -0.3 is 56.0 Å². The number of aliphatic hydroxyl groups excluding tert-OH is 1. The molecule has 820 valence electrons. The molecule has 0 bridgehead atoms. The molecule has 27 nitrogen and oxygen atoms in total. The Labute approximate surface area is 896 Å². The Morgan fingerprint density at radius 2 is 0.642 bits per heavy atom. The normalized spacial score (nSPS) is 18.5. The number of aryl methyl sites for hydroxylation is 3. The Kier molecular flexibility index (Phi) is 49.0. The van der Waals surface area contributed by atoms with Crippen molar-refractivity contribution in [1.29, 1.82) is 0 Å². The van der Waals surface area contributed by atoms with Crippen molar-refractivity contribution < 1.29 is 81.5 Å². The number of aromatic nitrogens is 15. The van der Waals surface area contributed by atoms with Gasteiger partial charge in [0.1, 0.15) is 59.2 Å². The molecule has 47 heteroatoms. The van der Waals surface area contributed by atoms with Crippen LogP contribution < -0.4 is 34.9 Å². The first-order chi connectivity index (χ1) is 69.9. The first kappa shape index (κ1) is 124. The molecular weight excluding hydrogens is 2190 g/mol. The Morgan fingerprint density at radius 1 is 0.385 bits per heavy atom. The Morgan fingerprint density at radius 3 is 0.905 bits per heavy atom. The minimum absolute atomic E-state index is 0.0428. The molecule has 0 spiro atoms. The molecule has 9 aromatic heterocycles. The number of hydrogen-bond donors (Lipinski definition) is 7. The predicted octanol–water partition coefficient (Wildman–Crippen LogP) is 29.2. The smallest absolute Gasteiger partial charge is 0.248 e. The van der Waals surface area contributed by atoms with Crippen molar-refractivity contribution in [1.82, 2.24) is 74.8 Å². The van der Waals surface area contributed by atoms with Crippen LogP contribution in [0.3, 0.4) is 0 Å². The maximum Gasteiger partial charge on any atom is 0.248 e. The molecule has 15 rings (SSSR count). The molecule has 9 aromatic rings. The van der Waals surface area contributed by atoms with Gasteiger partial charge in [-0.25, -0.2) is 122 Å². The Hall–Kier alpha value is -7.66. The van der Waals surface area contributed by atoms with E-state index in [0.717, 1.165) is 44.2 Å². The SMILES string of the molecule is C=C(OCC)c1cc(Cl)nc(NC2CCC(F)(F)CC2)n1.CC(=O)c1cc(Cl)nc(NC2CCC(F)(F)CC2)n1.CC(O)c1cc(Cl)nc(NC2CCC(F)(F)CC2)n1.CCC[CH2][Sn]([CH2]CCC)([CH2]CCC)[c]1nc(C)cs1.COC(C)c1cc(-c2nc(C)cs2)nc(NC2CCC(F)(F)CC2)n1.COC(C)c1cc(Cl)nc(NC2CCC(F)(F)CC2)n1.CO[C@@H](C)c1cc(-c2nc(C)cs2)nc(NC2CCC(F)(F)CC2)n1. The van der Waals surface area contributed by atoms with E-state index in [0.29, 0.717) is 135 Å². The van der Waals surface area contributed by atoms with E-state index in [-0.39, 0.29) is 170 Å². The fourth-order valence-electron chi connectivity index (χ4n) is 17.0. The van der Waals surface area contributed by atoms with Crippen LogP contribution in [0.25, 0.3) is 27.2 Å². The number of rotatable bonds is 35. The second-order valence-electron chi connectivity index (χ2n) is 38.5. The summed E-state index contributed by atoms with van der Waals surface area (Å²) < 4.78 is 185. The average Bonchev–Trinajstić information content (AvgIpc) is 1.63. The molecule has 0 amide bonds. The van der Waals surface area contributed by atoms with Gasteiger partial charge in [-0.2, -0.15) is 0 Å². The molecule has 3 unspecified atom stereocenters. The van der Waals surface area contributed by atoms with Crippen LogP contribution >= 0.6 is 80.4 Å². The summed E-state index contributed by atoms with van der Waals surface area (Å²) in [6.45, 7) is 27.7. The van der Waals surface area contributed by atoms with Gasteiger partial charge in [0.05, 0.1) is 53.8 Å². The van der Waals surface area contributed by atoms with Gasteiger partial charge in [-0.1, -0.05) is 53.0 Å². The Balaban J connectivity index is 0.000000192. The topological polar surface area (TPSA) is 340 Å². The third kappa shape index (κ3) is 42.0. The predicted molar refractivity (Wildman–Crippen MR) is 568 cm³/mol. The molecule has 4 atom stereocenters. The number of alkyl halides is 12. The van der Waals surface area contributed by atoms with Crippen molar-refractivity contribution in [2.45, 2.75) is 385 Å². The van der Waals surface area contributed by atoms with E-state index >= 15 is 0 Å². The van der Waals surface area contributed by atoms with E-state index in [1.807, 2.05) is 75.8 Å². The van der Waals surface area contributed by atoms with E-state index < -0.39 is 60.0 Å². The van der Waals surface area contributed by atoms with Gasteiger partial charge in [0, 0.05) is 176 Å². The van der Waals surface area contributed by atoms with Crippen LogP contribution in [0, 0.1) is 20.8 Å². The molecular formula is C101H141Cl4F12N21O6S3Sn. The number of unbranched alkanes of at least 4 members (excludes halogenated alkanes) is 3. The van der Waals surface area contributed by atoms with Gasteiger partial charge in [-0.15, -0.1) is 22.7 Å². The first-order valence-corrected chi connectivity index (χ1v) is 62.2. The molecule has 148 heavy (non-hydrogen) atoms. The fraction of sp³-hybridized carbons (Fsp3) is 0.644. The number of hydrogen-bond acceptors (Lipinski definition) is 30. The summed E-state index contributed by atoms with van der Waals surface area (Å²) in [5, 5.41) is 36.8. The van der Waals surface area contributed by atoms with Crippen molar-refractivity contribution in [2.24, 2.45) is 0 Å². The number of halogens is 16. The maximum absolute atomic E-state index is 13.3. The first-order valence-electron chi connectivity index (χ1n) is 50.6. The number of anilines is 6. The summed E-state index contributed by atoms with van der Waals surface area (Å²) >= 11 is 26.4. The number of aliphatic hydroxyl groups is 1. The van der Waals surface area contributed by atoms with E-state index in [2.05, 4.69) is 141 Å². The largest absolute Gasteiger partial charge is 0.375 e. The van der Waals surface area contributed by atoms with Crippen LogP contribution in [-0.4, -0.2) is 204 Å². The molecule has 0 saturated heterocycles. The van der Waals surface area contributed by atoms with Gasteiger partial charge in [0.2, 0.25) is 71.2 Å². The summed E-state index contributed by atoms with van der Waals surface area (Å²) in [6, 6.07) is 9.39. The second kappa shape index (κ2) is 58.6. The molecule has 7 N–H and O–H groups in total. The molecule has 6 aliphatic rings. The molecule has 0 radical (unpaired) electrons. The molecule has 6 aliphatic carbocycles. The maximum atomic E-state index is 13.3. The molecule has 0 aliphatic heterocycles. The van der Waals surface area contributed by atoms with Crippen LogP contribution in [0.15, 0.2) is 59.1 Å². The fourth-order valence-corrected chi connectivity index (χ4v) is 38.7. The molecule has 9 heterocycles. The number of nitrogens with one attached hydrogen (secondary N) is 6. The summed E-state index contributed by atoms with van der Waals surface area (Å²) in [4.78, 5) is 76.1.